The smallest absolute Gasteiger partial charge is 0.346 e. The van der Waals surface area contributed by atoms with Crippen molar-refractivity contribution in [2.24, 2.45) is 0 Å². The van der Waals surface area contributed by atoms with Gasteiger partial charge in [0.2, 0.25) is 0 Å². The molecule has 5 heteroatoms. The molecule has 0 aromatic heterocycles. The standard InChI is InChI=1S/C20H14O5/c1-3-17(21)13-9-5-7-11-15(13)19(23)25-20(24)16-12-8-6-10-14(16)18(22)4-2/h3-12H,1-2H2. The number of hydrogen-bond acceptors (Lipinski definition) is 5. The molecule has 0 unspecified atom stereocenters. The lowest BCUT2D eigenvalue weighted by molar-refractivity contribution is 0.0394. The number of benzene rings is 2. The Hall–Kier alpha value is -3.60. The minimum atomic E-state index is -0.989. The number of ketones is 2. The zero-order valence-electron chi connectivity index (χ0n) is 13.2. The zero-order valence-corrected chi connectivity index (χ0v) is 13.2. The second-order valence-electron chi connectivity index (χ2n) is 4.90. The minimum Gasteiger partial charge on any atom is -0.386 e. The third-order valence-corrected chi connectivity index (χ3v) is 3.38. The van der Waals surface area contributed by atoms with Crippen LogP contribution in [0.15, 0.2) is 73.8 Å². The number of allylic oxidation sites excluding steroid dienone is 2. The van der Waals surface area contributed by atoms with Crippen LogP contribution in [0.4, 0.5) is 0 Å². The van der Waals surface area contributed by atoms with E-state index in [1.165, 1.54) is 36.4 Å². The number of hydrogen-bond donors (Lipinski definition) is 0. The molecule has 2 aromatic rings. The van der Waals surface area contributed by atoms with Crippen LogP contribution in [0.3, 0.4) is 0 Å². The van der Waals surface area contributed by atoms with Crippen molar-refractivity contribution in [2.45, 2.75) is 0 Å². The van der Waals surface area contributed by atoms with Crippen LogP contribution >= 0.6 is 0 Å². The molecule has 0 amide bonds. The number of carbonyl (C=O) groups excluding carboxylic acids is 4. The number of carbonyl (C=O) groups is 4. The maximum absolute atomic E-state index is 12.3. The third-order valence-electron chi connectivity index (χ3n) is 3.38. The van der Waals surface area contributed by atoms with Gasteiger partial charge in [0.05, 0.1) is 11.1 Å². The van der Waals surface area contributed by atoms with Gasteiger partial charge in [0.1, 0.15) is 0 Å². The molecule has 0 spiro atoms. The SMILES string of the molecule is C=CC(=O)c1ccccc1C(=O)OC(=O)c1ccccc1C(=O)C=C. The monoisotopic (exact) mass is 334 g/mol. The van der Waals surface area contributed by atoms with Gasteiger partial charge in [0.15, 0.2) is 11.6 Å². The first-order chi connectivity index (χ1) is 12.0. The summed E-state index contributed by atoms with van der Waals surface area (Å²) in [5.74, 6) is -2.92. The van der Waals surface area contributed by atoms with E-state index in [1.54, 1.807) is 12.1 Å². The molecule has 0 saturated heterocycles. The Morgan fingerprint density at radius 1 is 0.640 bits per heavy atom. The van der Waals surface area contributed by atoms with Crippen molar-refractivity contribution in [2.75, 3.05) is 0 Å². The van der Waals surface area contributed by atoms with E-state index >= 15 is 0 Å². The van der Waals surface area contributed by atoms with Crippen LogP contribution in [0.5, 0.6) is 0 Å². The summed E-state index contributed by atoms with van der Waals surface area (Å²) in [5, 5.41) is 0. The van der Waals surface area contributed by atoms with Gasteiger partial charge >= 0.3 is 11.9 Å². The summed E-state index contributed by atoms with van der Waals surface area (Å²) in [4.78, 5) is 48.2. The zero-order chi connectivity index (χ0) is 18.4. The molecule has 0 atom stereocenters. The van der Waals surface area contributed by atoms with Crippen molar-refractivity contribution in [3.05, 3.63) is 96.1 Å². The van der Waals surface area contributed by atoms with E-state index in [0.717, 1.165) is 12.2 Å². The quantitative estimate of drug-likeness (QED) is 0.350. The van der Waals surface area contributed by atoms with Crippen molar-refractivity contribution in [3.63, 3.8) is 0 Å². The Labute approximate surface area is 144 Å². The van der Waals surface area contributed by atoms with Gasteiger partial charge in [-0.05, 0) is 24.3 Å². The lowest BCUT2D eigenvalue weighted by atomic mass is 10.0. The van der Waals surface area contributed by atoms with Crippen LogP contribution in [0.2, 0.25) is 0 Å². The molecule has 0 radical (unpaired) electrons. The molecule has 0 saturated carbocycles. The molecule has 2 aromatic carbocycles. The molecule has 0 bridgehead atoms. The number of ether oxygens (including phenoxy) is 1. The molecule has 0 aliphatic carbocycles. The van der Waals surface area contributed by atoms with Crippen LogP contribution in [-0.2, 0) is 4.74 Å². The van der Waals surface area contributed by atoms with Crippen molar-refractivity contribution < 1.29 is 23.9 Å². The summed E-state index contributed by atoms with van der Waals surface area (Å²) in [5.41, 5.74) is 0.0260. The maximum Gasteiger partial charge on any atom is 0.346 e. The highest BCUT2D eigenvalue weighted by Gasteiger charge is 2.22. The topological polar surface area (TPSA) is 77.5 Å². The Bertz CT molecular complexity index is 819. The van der Waals surface area contributed by atoms with Crippen molar-refractivity contribution >= 4 is 23.5 Å². The maximum atomic E-state index is 12.3. The van der Waals surface area contributed by atoms with Crippen LogP contribution in [0.25, 0.3) is 0 Å². The first-order valence-electron chi connectivity index (χ1n) is 7.27. The predicted octanol–water partition coefficient (Wildman–Crippen LogP) is 3.42. The van der Waals surface area contributed by atoms with Gasteiger partial charge < -0.3 is 4.74 Å². The molecular formula is C20H14O5. The van der Waals surface area contributed by atoms with Crippen molar-refractivity contribution in [3.8, 4) is 0 Å². The first kappa shape index (κ1) is 17.7. The predicted molar refractivity (Wildman–Crippen MR) is 91.7 cm³/mol. The third kappa shape index (κ3) is 3.84. The largest absolute Gasteiger partial charge is 0.386 e. The second kappa shape index (κ2) is 7.79. The van der Waals surface area contributed by atoms with E-state index in [0.29, 0.717) is 0 Å². The van der Waals surface area contributed by atoms with Gasteiger partial charge in [0.25, 0.3) is 0 Å². The fourth-order valence-electron chi connectivity index (χ4n) is 2.17. The fourth-order valence-corrected chi connectivity index (χ4v) is 2.17. The van der Waals surface area contributed by atoms with Crippen molar-refractivity contribution in [1.29, 1.82) is 0 Å². The summed E-state index contributed by atoms with van der Waals surface area (Å²) in [6.07, 6.45) is 2.12. The van der Waals surface area contributed by atoms with Gasteiger partial charge in [-0.15, -0.1) is 0 Å². The average molecular weight is 334 g/mol. The lowest BCUT2D eigenvalue weighted by Crippen LogP contribution is -2.17. The normalized spacial score (nSPS) is 9.76. The van der Waals surface area contributed by atoms with E-state index in [9.17, 15) is 19.2 Å². The summed E-state index contributed by atoms with van der Waals surface area (Å²) >= 11 is 0. The van der Waals surface area contributed by atoms with Crippen LogP contribution < -0.4 is 0 Å². The Balaban J connectivity index is 2.33. The summed E-state index contributed by atoms with van der Waals surface area (Å²) in [6, 6.07) is 11.8. The molecule has 2 rings (SSSR count). The Morgan fingerprint density at radius 3 is 1.28 bits per heavy atom. The molecule has 0 aliphatic rings. The lowest BCUT2D eigenvalue weighted by Gasteiger charge is -2.08. The van der Waals surface area contributed by atoms with Crippen molar-refractivity contribution in [1.82, 2.24) is 0 Å². The van der Waals surface area contributed by atoms with Gasteiger partial charge in [0, 0.05) is 11.1 Å². The summed E-state index contributed by atoms with van der Waals surface area (Å²) in [6.45, 7) is 6.74. The minimum absolute atomic E-state index is 0.0618. The number of rotatable bonds is 6. The Morgan fingerprint density at radius 2 is 0.960 bits per heavy atom. The molecule has 0 aliphatic heterocycles. The summed E-state index contributed by atoms with van der Waals surface area (Å²) < 4.78 is 4.84. The summed E-state index contributed by atoms with van der Waals surface area (Å²) in [7, 11) is 0. The molecule has 124 valence electrons. The molecule has 25 heavy (non-hydrogen) atoms. The van der Waals surface area contributed by atoms with Crippen LogP contribution in [0, 0.1) is 0 Å². The molecular weight excluding hydrogens is 320 g/mol. The first-order valence-corrected chi connectivity index (χ1v) is 7.27. The van der Waals surface area contributed by atoms with Gasteiger partial charge in [-0.1, -0.05) is 49.6 Å². The van der Waals surface area contributed by atoms with Gasteiger partial charge in [-0.2, -0.15) is 0 Å². The molecule has 0 heterocycles. The Kier molecular flexibility index (Phi) is 5.53. The molecule has 5 nitrogen and oxygen atoms in total. The van der Waals surface area contributed by atoms with E-state index in [2.05, 4.69) is 13.2 Å². The van der Waals surface area contributed by atoms with Crippen LogP contribution in [0.1, 0.15) is 41.4 Å². The second-order valence-corrected chi connectivity index (χ2v) is 4.90. The fraction of sp³-hybridized carbons (Fsp3) is 0. The number of esters is 2. The van der Waals surface area contributed by atoms with E-state index in [-0.39, 0.29) is 22.3 Å². The molecule has 0 N–H and O–H groups in total. The van der Waals surface area contributed by atoms with E-state index in [4.69, 9.17) is 4.74 Å². The van der Waals surface area contributed by atoms with E-state index < -0.39 is 23.5 Å². The van der Waals surface area contributed by atoms with E-state index in [1.807, 2.05) is 0 Å². The van der Waals surface area contributed by atoms with Gasteiger partial charge in [-0.3, -0.25) is 9.59 Å². The van der Waals surface area contributed by atoms with Gasteiger partial charge in [-0.25, -0.2) is 9.59 Å². The molecule has 0 fully saturated rings. The highest BCUT2D eigenvalue weighted by Crippen LogP contribution is 2.16. The average Bonchev–Trinajstić information content (AvgIpc) is 2.66. The van der Waals surface area contributed by atoms with Crippen LogP contribution in [-0.4, -0.2) is 23.5 Å². The highest BCUT2D eigenvalue weighted by atomic mass is 16.6. The highest BCUT2D eigenvalue weighted by molar-refractivity contribution is 6.15.